The molecule has 0 radical (unpaired) electrons. The van der Waals surface area contributed by atoms with E-state index in [9.17, 15) is 9.59 Å². The van der Waals surface area contributed by atoms with Crippen molar-refractivity contribution >= 4 is 27.7 Å². The van der Waals surface area contributed by atoms with Crippen LogP contribution in [0.25, 0.3) is 0 Å². The fraction of sp³-hybridized carbons (Fsp3) is 0.429. The lowest BCUT2D eigenvalue weighted by molar-refractivity contribution is -0.138. The molecule has 0 spiro atoms. The van der Waals surface area contributed by atoms with Gasteiger partial charge in [-0.1, -0.05) is 41.1 Å². The molecular formula is C14H17BrN2O2. The maximum absolute atomic E-state index is 12.0. The highest BCUT2D eigenvalue weighted by Gasteiger charge is 2.37. The Balaban J connectivity index is 1.96. The van der Waals surface area contributed by atoms with Crippen molar-refractivity contribution in [3.63, 3.8) is 0 Å². The average molecular weight is 325 g/mol. The molecule has 102 valence electrons. The lowest BCUT2D eigenvalue weighted by Crippen LogP contribution is -2.38. The molecule has 1 fully saturated rings. The number of hydrogen-bond acceptors (Lipinski definition) is 3. The van der Waals surface area contributed by atoms with Gasteiger partial charge in [0.15, 0.2) is 0 Å². The number of amides is 2. The molecule has 19 heavy (non-hydrogen) atoms. The van der Waals surface area contributed by atoms with Crippen LogP contribution in [0.2, 0.25) is 0 Å². The zero-order valence-electron chi connectivity index (χ0n) is 10.9. The quantitative estimate of drug-likeness (QED) is 0.843. The van der Waals surface area contributed by atoms with Gasteiger partial charge in [-0.25, -0.2) is 0 Å². The molecule has 1 unspecified atom stereocenters. The minimum atomic E-state index is -0.383. The highest BCUT2D eigenvalue weighted by molar-refractivity contribution is 9.10. The van der Waals surface area contributed by atoms with E-state index in [4.69, 9.17) is 0 Å². The Morgan fingerprint density at radius 3 is 2.79 bits per heavy atom. The molecular weight excluding hydrogens is 308 g/mol. The van der Waals surface area contributed by atoms with E-state index < -0.39 is 0 Å². The summed E-state index contributed by atoms with van der Waals surface area (Å²) in [6, 6.07) is 7.46. The molecule has 1 aliphatic heterocycles. The largest absolute Gasteiger partial charge is 0.301 e. The molecule has 0 aromatic heterocycles. The van der Waals surface area contributed by atoms with Crippen LogP contribution in [0.1, 0.15) is 25.3 Å². The van der Waals surface area contributed by atoms with Crippen LogP contribution in [-0.2, 0) is 16.1 Å². The number of imide groups is 1. The fourth-order valence-electron chi connectivity index (χ4n) is 2.18. The summed E-state index contributed by atoms with van der Waals surface area (Å²) in [4.78, 5) is 25.1. The van der Waals surface area contributed by atoms with Crippen molar-refractivity contribution in [3.05, 3.63) is 34.3 Å². The van der Waals surface area contributed by atoms with Crippen molar-refractivity contribution in [2.75, 3.05) is 6.54 Å². The summed E-state index contributed by atoms with van der Waals surface area (Å²) >= 11 is 3.47. The van der Waals surface area contributed by atoms with E-state index >= 15 is 0 Å². The van der Waals surface area contributed by atoms with Gasteiger partial charge in [-0.2, -0.15) is 0 Å². The van der Waals surface area contributed by atoms with Crippen molar-refractivity contribution in [1.82, 2.24) is 10.2 Å². The lowest BCUT2D eigenvalue weighted by atomic mass is 10.2. The summed E-state index contributed by atoms with van der Waals surface area (Å²) in [5, 5.41) is 3.17. The van der Waals surface area contributed by atoms with Gasteiger partial charge in [0.05, 0.1) is 12.5 Å². The molecule has 2 rings (SSSR count). The van der Waals surface area contributed by atoms with Crippen LogP contribution >= 0.6 is 15.9 Å². The number of halogens is 1. The first kappa shape index (κ1) is 14.2. The fourth-order valence-corrected chi connectivity index (χ4v) is 2.60. The zero-order valence-corrected chi connectivity index (χ0v) is 12.4. The molecule has 4 nitrogen and oxygen atoms in total. The predicted molar refractivity (Wildman–Crippen MR) is 76.4 cm³/mol. The summed E-state index contributed by atoms with van der Waals surface area (Å²) in [5.74, 6) is -0.171. The van der Waals surface area contributed by atoms with Crippen molar-refractivity contribution in [2.45, 2.75) is 32.4 Å². The predicted octanol–water partition coefficient (Wildman–Crippen LogP) is 2.08. The van der Waals surface area contributed by atoms with E-state index in [2.05, 4.69) is 21.2 Å². The van der Waals surface area contributed by atoms with Gasteiger partial charge in [-0.05, 0) is 18.1 Å². The van der Waals surface area contributed by atoms with E-state index in [0.29, 0.717) is 13.1 Å². The van der Waals surface area contributed by atoms with Gasteiger partial charge in [0, 0.05) is 17.6 Å². The van der Waals surface area contributed by atoms with Gasteiger partial charge in [0.25, 0.3) is 0 Å². The third kappa shape index (κ3) is 3.22. The van der Waals surface area contributed by atoms with Crippen LogP contribution in [0.4, 0.5) is 0 Å². The highest BCUT2D eigenvalue weighted by atomic mass is 79.9. The van der Waals surface area contributed by atoms with Crippen LogP contribution in [0.5, 0.6) is 0 Å². The Bertz CT molecular complexity index is 490. The second-order valence-corrected chi connectivity index (χ2v) is 5.47. The van der Waals surface area contributed by atoms with Crippen LogP contribution < -0.4 is 5.32 Å². The first-order chi connectivity index (χ1) is 9.13. The molecule has 1 heterocycles. The van der Waals surface area contributed by atoms with E-state index in [1.54, 1.807) is 0 Å². The minimum Gasteiger partial charge on any atom is -0.301 e. The van der Waals surface area contributed by atoms with Crippen molar-refractivity contribution in [1.29, 1.82) is 0 Å². The molecule has 1 saturated heterocycles. The molecule has 1 aliphatic rings. The number of rotatable bonds is 5. The topological polar surface area (TPSA) is 49.4 Å². The number of carbonyl (C=O) groups is 2. The Labute approximate surface area is 121 Å². The summed E-state index contributed by atoms with van der Waals surface area (Å²) in [7, 11) is 0. The van der Waals surface area contributed by atoms with Gasteiger partial charge in [0.2, 0.25) is 11.8 Å². The number of nitrogens with zero attached hydrogens (tertiary/aromatic N) is 1. The second-order valence-electron chi connectivity index (χ2n) is 4.61. The van der Waals surface area contributed by atoms with Gasteiger partial charge in [-0.15, -0.1) is 0 Å². The summed E-state index contributed by atoms with van der Waals surface area (Å²) in [6.45, 7) is 3.05. The number of benzene rings is 1. The Kier molecular flexibility index (Phi) is 4.71. The monoisotopic (exact) mass is 324 g/mol. The van der Waals surface area contributed by atoms with Crippen LogP contribution in [0, 0.1) is 0 Å². The van der Waals surface area contributed by atoms with Crippen molar-refractivity contribution in [3.8, 4) is 0 Å². The zero-order chi connectivity index (χ0) is 13.8. The van der Waals surface area contributed by atoms with Crippen LogP contribution in [0.15, 0.2) is 28.7 Å². The Hall–Kier alpha value is -1.20. The third-order valence-electron chi connectivity index (χ3n) is 3.19. The molecule has 1 aromatic rings. The van der Waals surface area contributed by atoms with E-state index in [-0.39, 0.29) is 24.3 Å². The molecule has 1 aromatic carbocycles. The van der Waals surface area contributed by atoms with E-state index in [1.165, 1.54) is 4.90 Å². The van der Waals surface area contributed by atoms with Gasteiger partial charge >= 0.3 is 0 Å². The number of nitrogens with one attached hydrogen (secondary N) is 1. The second kappa shape index (κ2) is 6.30. The molecule has 0 bridgehead atoms. The molecule has 0 aliphatic carbocycles. The third-order valence-corrected chi connectivity index (χ3v) is 3.96. The van der Waals surface area contributed by atoms with Gasteiger partial charge < -0.3 is 5.32 Å². The minimum absolute atomic E-state index is 0.0727. The SMILES string of the molecule is CCCN1C(=O)CC(NCc2ccccc2Br)C1=O. The highest BCUT2D eigenvalue weighted by Crippen LogP contribution is 2.18. The number of carbonyl (C=O) groups excluding carboxylic acids is 2. The van der Waals surface area contributed by atoms with Crippen molar-refractivity contribution in [2.24, 2.45) is 0 Å². The smallest absolute Gasteiger partial charge is 0.246 e. The molecule has 5 heteroatoms. The number of hydrogen-bond donors (Lipinski definition) is 1. The maximum atomic E-state index is 12.0. The molecule has 0 saturated carbocycles. The Morgan fingerprint density at radius 1 is 1.37 bits per heavy atom. The first-order valence-corrected chi connectivity index (χ1v) is 7.23. The molecule has 2 amide bonds. The van der Waals surface area contributed by atoms with Gasteiger partial charge in [0.1, 0.15) is 0 Å². The van der Waals surface area contributed by atoms with E-state index in [0.717, 1.165) is 16.5 Å². The van der Waals surface area contributed by atoms with E-state index in [1.807, 2.05) is 31.2 Å². The van der Waals surface area contributed by atoms with Crippen LogP contribution in [-0.4, -0.2) is 29.3 Å². The average Bonchev–Trinajstić information content (AvgIpc) is 2.66. The summed E-state index contributed by atoms with van der Waals surface area (Å²) in [6.07, 6.45) is 1.07. The summed E-state index contributed by atoms with van der Waals surface area (Å²) < 4.78 is 1.00. The van der Waals surface area contributed by atoms with Crippen LogP contribution in [0.3, 0.4) is 0 Å². The first-order valence-electron chi connectivity index (χ1n) is 6.44. The standard InChI is InChI=1S/C14H17BrN2O2/c1-2-7-17-13(18)8-12(14(17)19)16-9-10-5-3-4-6-11(10)15/h3-6,12,16H,2,7-9H2,1H3. The lowest BCUT2D eigenvalue weighted by Gasteiger charge is -2.14. The molecule has 1 atom stereocenters. The normalized spacial score (nSPS) is 19.3. The Morgan fingerprint density at radius 2 is 2.11 bits per heavy atom. The number of likely N-dealkylation sites (tertiary alicyclic amines) is 1. The summed E-state index contributed by atoms with van der Waals surface area (Å²) in [5.41, 5.74) is 1.08. The van der Waals surface area contributed by atoms with Crippen molar-refractivity contribution < 1.29 is 9.59 Å². The molecule has 1 N–H and O–H groups in total. The maximum Gasteiger partial charge on any atom is 0.246 e. The van der Waals surface area contributed by atoms with Gasteiger partial charge in [-0.3, -0.25) is 14.5 Å².